The van der Waals surface area contributed by atoms with Crippen LogP contribution in [0.5, 0.6) is 5.88 Å². The molecule has 1 aromatic heterocycles. The highest BCUT2D eigenvalue weighted by atomic mass is 16.5. The van der Waals surface area contributed by atoms with Crippen LogP contribution in [0.3, 0.4) is 0 Å². The van der Waals surface area contributed by atoms with Crippen molar-refractivity contribution < 1.29 is 4.74 Å². The van der Waals surface area contributed by atoms with Crippen molar-refractivity contribution >= 4 is 11.8 Å². The number of rotatable bonds is 5. The summed E-state index contributed by atoms with van der Waals surface area (Å²) < 4.78 is 5.13. The largest absolute Gasteiger partial charge is 0.480 e. The van der Waals surface area contributed by atoms with Crippen molar-refractivity contribution in [1.29, 1.82) is 10.5 Å². The van der Waals surface area contributed by atoms with Crippen LogP contribution < -0.4 is 15.4 Å². The topological polar surface area (TPSA) is 107 Å². The second kappa shape index (κ2) is 5.22. The summed E-state index contributed by atoms with van der Waals surface area (Å²) in [7, 11) is 1.45. The van der Waals surface area contributed by atoms with Crippen LogP contribution in [0.15, 0.2) is 0 Å². The van der Waals surface area contributed by atoms with Gasteiger partial charge >= 0.3 is 0 Å². The molecule has 0 saturated heterocycles. The number of hydrogen-bond acceptors (Lipinski definition) is 7. The number of aromatic nitrogens is 2. The zero-order valence-corrected chi connectivity index (χ0v) is 11.7. The first-order valence-corrected chi connectivity index (χ1v) is 6.31. The average molecular weight is 272 g/mol. The number of anilines is 2. The standard InChI is InChI=1S/C13H16N6O/c1-13(2,7-15)19-12-17-10(16-8-4-5-8)9(6-14)11(18-12)20-3/h8H,4-5H2,1-3H3,(H2,16,17,18,19). The Hall–Kier alpha value is -2.54. The molecule has 1 heterocycles. The van der Waals surface area contributed by atoms with Crippen LogP contribution in [-0.4, -0.2) is 28.7 Å². The minimum absolute atomic E-state index is 0.196. The molecule has 0 amide bonds. The monoisotopic (exact) mass is 272 g/mol. The lowest BCUT2D eigenvalue weighted by Gasteiger charge is -2.19. The second-order valence-electron chi connectivity index (χ2n) is 5.17. The van der Waals surface area contributed by atoms with Crippen molar-refractivity contribution in [3.63, 3.8) is 0 Å². The molecular weight excluding hydrogens is 256 g/mol. The number of nitriles is 2. The molecule has 0 atom stereocenters. The molecule has 2 rings (SSSR count). The van der Waals surface area contributed by atoms with Crippen LogP contribution in [-0.2, 0) is 0 Å². The Morgan fingerprint density at radius 3 is 2.50 bits per heavy atom. The summed E-state index contributed by atoms with van der Waals surface area (Å²) in [6.07, 6.45) is 2.12. The Morgan fingerprint density at radius 1 is 1.30 bits per heavy atom. The average Bonchev–Trinajstić information content (AvgIpc) is 3.21. The molecule has 1 aliphatic rings. The predicted molar refractivity (Wildman–Crippen MR) is 73.3 cm³/mol. The van der Waals surface area contributed by atoms with Crippen LogP contribution in [0.4, 0.5) is 11.8 Å². The minimum Gasteiger partial charge on any atom is -0.480 e. The Bertz CT molecular complexity index is 594. The molecule has 0 aromatic carbocycles. The van der Waals surface area contributed by atoms with Crippen molar-refractivity contribution in [2.75, 3.05) is 17.7 Å². The van der Waals surface area contributed by atoms with Gasteiger partial charge in [0.1, 0.15) is 11.6 Å². The molecule has 1 saturated carbocycles. The summed E-state index contributed by atoms with van der Waals surface area (Å²) in [5.74, 6) is 0.899. The molecule has 7 heteroatoms. The Kier molecular flexibility index (Phi) is 3.62. The first-order valence-electron chi connectivity index (χ1n) is 6.31. The molecule has 0 bridgehead atoms. The van der Waals surface area contributed by atoms with E-state index in [1.165, 1.54) is 7.11 Å². The number of nitrogens with zero attached hydrogens (tertiary/aromatic N) is 4. The maximum atomic E-state index is 9.21. The van der Waals surface area contributed by atoms with Crippen LogP contribution in [0.1, 0.15) is 32.3 Å². The zero-order chi connectivity index (χ0) is 14.8. The third kappa shape index (κ3) is 3.07. The fourth-order valence-corrected chi connectivity index (χ4v) is 1.58. The fourth-order valence-electron chi connectivity index (χ4n) is 1.58. The van der Waals surface area contributed by atoms with E-state index in [4.69, 9.17) is 10.00 Å². The Balaban J connectivity index is 2.38. The van der Waals surface area contributed by atoms with Crippen molar-refractivity contribution in [2.45, 2.75) is 38.3 Å². The van der Waals surface area contributed by atoms with E-state index in [0.29, 0.717) is 11.9 Å². The molecule has 0 spiro atoms. The highest BCUT2D eigenvalue weighted by Gasteiger charge is 2.26. The molecule has 2 N–H and O–H groups in total. The summed E-state index contributed by atoms with van der Waals surface area (Å²) in [4.78, 5) is 8.40. The summed E-state index contributed by atoms with van der Waals surface area (Å²) >= 11 is 0. The van der Waals surface area contributed by atoms with Gasteiger partial charge < -0.3 is 15.4 Å². The van der Waals surface area contributed by atoms with E-state index in [1.807, 2.05) is 6.07 Å². The Morgan fingerprint density at radius 2 is 2.00 bits per heavy atom. The van der Waals surface area contributed by atoms with Crippen LogP contribution in [0, 0.1) is 22.7 Å². The van der Waals surface area contributed by atoms with Crippen LogP contribution in [0.2, 0.25) is 0 Å². The molecule has 1 fully saturated rings. The SMILES string of the molecule is COc1nc(NC(C)(C)C#N)nc(NC2CC2)c1C#N. The normalized spacial score (nSPS) is 14.1. The van der Waals surface area contributed by atoms with Gasteiger partial charge in [-0.2, -0.15) is 20.5 Å². The fraction of sp³-hybridized carbons (Fsp3) is 0.538. The molecule has 0 unspecified atom stereocenters. The number of nitrogens with one attached hydrogen (secondary N) is 2. The van der Waals surface area contributed by atoms with Gasteiger partial charge in [0.05, 0.1) is 13.2 Å². The van der Waals surface area contributed by atoms with Crippen LogP contribution in [0.25, 0.3) is 0 Å². The van der Waals surface area contributed by atoms with Gasteiger partial charge in [0.15, 0.2) is 11.4 Å². The van der Waals surface area contributed by atoms with Gasteiger partial charge in [0, 0.05) is 6.04 Å². The zero-order valence-electron chi connectivity index (χ0n) is 11.7. The molecule has 0 aliphatic heterocycles. The first-order chi connectivity index (χ1) is 9.49. The smallest absolute Gasteiger partial charge is 0.238 e. The molecule has 1 aromatic rings. The van der Waals surface area contributed by atoms with E-state index >= 15 is 0 Å². The number of hydrogen-bond donors (Lipinski definition) is 2. The summed E-state index contributed by atoms with van der Waals surface area (Å²) in [5.41, 5.74) is -0.532. The quantitative estimate of drug-likeness (QED) is 0.839. The molecular formula is C13H16N6O. The maximum Gasteiger partial charge on any atom is 0.238 e. The molecule has 1 aliphatic carbocycles. The van der Waals surface area contributed by atoms with E-state index in [2.05, 4.69) is 26.7 Å². The van der Waals surface area contributed by atoms with Gasteiger partial charge in [0.2, 0.25) is 11.8 Å². The molecule has 20 heavy (non-hydrogen) atoms. The van der Waals surface area contributed by atoms with E-state index in [1.54, 1.807) is 13.8 Å². The van der Waals surface area contributed by atoms with Gasteiger partial charge in [-0.15, -0.1) is 0 Å². The van der Waals surface area contributed by atoms with Crippen molar-refractivity contribution in [2.24, 2.45) is 0 Å². The third-order valence-electron chi connectivity index (χ3n) is 2.80. The van der Waals surface area contributed by atoms with Crippen molar-refractivity contribution in [3.05, 3.63) is 5.56 Å². The highest BCUT2D eigenvalue weighted by molar-refractivity contribution is 5.60. The van der Waals surface area contributed by atoms with Gasteiger partial charge in [-0.1, -0.05) is 0 Å². The van der Waals surface area contributed by atoms with Gasteiger partial charge in [-0.25, -0.2) is 0 Å². The minimum atomic E-state index is -0.810. The number of ether oxygens (including phenoxy) is 1. The van der Waals surface area contributed by atoms with Gasteiger partial charge in [0.25, 0.3) is 0 Å². The first kappa shape index (κ1) is 13.9. The van der Waals surface area contributed by atoms with Crippen molar-refractivity contribution in [1.82, 2.24) is 9.97 Å². The summed E-state index contributed by atoms with van der Waals surface area (Å²) in [5, 5.41) is 24.3. The van der Waals surface area contributed by atoms with Crippen LogP contribution >= 0.6 is 0 Å². The van der Waals surface area contributed by atoms with E-state index in [-0.39, 0.29) is 17.4 Å². The predicted octanol–water partition coefficient (Wildman–Crippen LogP) is 1.65. The molecule has 7 nitrogen and oxygen atoms in total. The lowest BCUT2D eigenvalue weighted by Crippen LogP contribution is -2.30. The lowest BCUT2D eigenvalue weighted by molar-refractivity contribution is 0.396. The van der Waals surface area contributed by atoms with Gasteiger partial charge in [-0.05, 0) is 26.7 Å². The third-order valence-corrected chi connectivity index (χ3v) is 2.80. The van der Waals surface area contributed by atoms with Crippen molar-refractivity contribution in [3.8, 4) is 18.0 Å². The lowest BCUT2D eigenvalue weighted by atomic mass is 10.1. The van der Waals surface area contributed by atoms with E-state index < -0.39 is 5.54 Å². The van der Waals surface area contributed by atoms with E-state index in [9.17, 15) is 5.26 Å². The molecule has 0 radical (unpaired) electrons. The summed E-state index contributed by atoms with van der Waals surface area (Å²) in [6.45, 7) is 3.43. The van der Waals surface area contributed by atoms with E-state index in [0.717, 1.165) is 12.8 Å². The second-order valence-corrected chi connectivity index (χ2v) is 5.17. The Labute approximate surface area is 117 Å². The number of methoxy groups -OCH3 is 1. The molecule has 104 valence electrons. The highest BCUT2D eigenvalue weighted by Crippen LogP contribution is 2.30. The summed E-state index contributed by atoms with van der Waals surface area (Å²) in [6, 6.07) is 4.50. The van der Waals surface area contributed by atoms with Gasteiger partial charge in [-0.3, -0.25) is 0 Å². The maximum absolute atomic E-state index is 9.21.